The lowest BCUT2D eigenvalue weighted by Crippen LogP contribution is -2.46. The number of aromatic nitrogens is 1. The van der Waals surface area contributed by atoms with E-state index in [0.717, 1.165) is 44.2 Å². The maximum absolute atomic E-state index is 5.48. The third-order valence-electron chi connectivity index (χ3n) is 5.07. The van der Waals surface area contributed by atoms with E-state index in [-0.39, 0.29) is 0 Å². The fourth-order valence-corrected chi connectivity index (χ4v) is 3.67. The molecule has 2 aromatic carbocycles. The second kappa shape index (κ2) is 6.01. The minimum absolute atomic E-state index is 0.335. The molecule has 5 rings (SSSR count). The van der Waals surface area contributed by atoms with E-state index < -0.39 is 0 Å². The molecule has 1 saturated heterocycles. The second-order valence-corrected chi connectivity index (χ2v) is 6.69. The number of benzene rings is 2. The van der Waals surface area contributed by atoms with Crippen LogP contribution in [0.3, 0.4) is 0 Å². The molecule has 25 heavy (non-hydrogen) atoms. The highest BCUT2D eigenvalue weighted by Crippen LogP contribution is 2.33. The van der Waals surface area contributed by atoms with Crippen LogP contribution in [0, 0.1) is 0 Å². The van der Waals surface area contributed by atoms with E-state index in [1.807, 2.05) is 6.07 Å². The Morgan fingerprint density at radius 1 is 0.880 bits per heavy atom. The SMILES string of the molecule is c1ccc2[nH]c(N3CCN(Cc4ccc5c(c4)OCO5)CC3)cc2c1. The highest BCUT2D eigenvalue weighted by Gasteiger charge is 2.20. The first-order chi connectivity index (χ1) is 12.3. The summed E-state index contributed by atoms with van der Waals surface area (Å²) in [7, 11) is 0. The quantitative estimate of drug-likeness (QED) is 0.798. The topological polar surface area (TPSA) is 40.7 Å². The Morgan fingerprint density at radius 2 is 1.72 bits per heavy atom. The van der Waals surface area contributed by atoms with Gasteiger partial charge in [-0.2, -0.15) is 0 Å². The van der Waals surface area contributed by atoms with Crippen molar-refractivity contribution in [2.45, 2.75) is 6.54 Å². The van der Waals surface area contributed by atoms with Crippen molar-refractivity contribution in [1.82, 2.24) is 9.88 Å². The van der Waals surface area contributed by atoms with Gasteiger partial charge in [0.2, 0.25) is 6.79 Å². The number of anilines is 1. The molecule has 5 nitrogen and oxygen atoms in total. The van der Waals surface area contributed by atoms with E-state index in [4.69, 9.17) is 9.47 Å². The molecule has 3 aromatic rings. The Hall–Kier alpha value is -2.66. The van der Waals surface area contributed by atoms with E-state index in [9.17, 15) is 0 Å². The molecule has 0 saturated carbocycles. The van der Waals surface area contributed by atoms with Crippen LogP contribution in [-0.4, -0.2) is 42.9 Å². The van der Waals surface area contributed by atoms with Gasteiger partial charge in [-0.05, 0) is 29.8 Å². The van der Waals surface area contributed by atoms with E-state index >= 15 is 0 Å². The van der Waals surface area contributed by atoms with Crippen molar-refractivity contribution in [1.29, 1.82) is 0 Å². The summed E-state index contributed by atoms with van der Waals surface area (Å²) in [6, 6.07) is 17.0. The van der Waals surface area contributed by atoms with Gasteiger partial charge >= 0.3 is 0 Å². The molecule has 3 heterocycles. The van der Waals surface area contributed by atoms with Gasteiger partial charge < -0.3 is 19.4 Å². The Morgan fingerprint density at radius 3 is 2.60 bits per heavy atom. The molecule has 2 aliphatic rings. The fraction of sp³-hybridized carbons (Fsp3) is 0.300. The number of piperazine rings is 1. The van der Waals surface area contributed by atoms with Crippen LogP contribution < -0.4 is 14.4 Å². The number of fused-ring (bicyclic) bond motifs is 2. The number of nitrogens with zero attached hydrogens (tertiary/aromatic N) is 2. The normalized spacial score (nSPS) is 17.4. The first kappa shape index (κ1) is 14.7. The van der Waals surface area contributed by atoms with Crippen molar-refractivity contribution >= 4 is 16.7 Å². The largest absolute Gasteiger partial charge is 0.454 e. The molecule has 0 spiro atoms. The van der Waals surface area contributed by atoms with Gasteiger partial charge in [-0.1, -0.05) is 24.3 Å². The zero-order valence-electron chi connectivity index (χ0n) is 14.1. The molecule has 2 aliphatic heterocycles. The number of para-hydroxylation sites is 1. The van der Waals surface area contributed by atoms with Crippen LogP contribution in [0.5, 0.6) is 11.5 Å². The van der Waals surface area contributed by atoms with E-state index in [0.29, 0.717) is 6.79 Å². The lowest BCUT2D eigenvalue weighted by molar-refractivity contribution is 0.174. The zero-order valence-corrected chi connectivity index (χ0v) is 14.1. The molecule has 128 valence electrons. The van der Waals surface area contributed by atoms with Crippen LogP contribution in [0.4, 0.5) is 5.82 Å². The maximum Gasteiger partial charge on any atom is 0.231 e. The van der Waals surface area contributed by atoms with Crippen molar-refractivity contribution in [2.24, 2.45) is 0 Å². The van der Waals surface area contributed by atoms with Crippen LogP contribution in [-0.2, 0) is 6.54 Å². The molecule has 0 bridgehead atoms. The number of hydrogen-bond acceptors (Lipinski definition) is 4. The molecule has 0 radical (unpaired) electrons. The summed E-state index contributed by atoms with van der Waals surface area (Å²) in [6.45, 7) is 5.49. The van der Waals surface area contributed by atoms with Crippen molar-refractivity contribution < 1.29 is 9.47 Å². The first-order valence-corrected chi connectivity index (χ1v) is 8.79. The molecule has 0 amide bonds. The third kappa shape index (κ3) is 2.81. The summed E-state index contributed by atoms with van der Waals surface area (Å²) >= 11 is 0. The number of nitrogens with one attached hydrogen (secondary N) is 1. The number of hydrogen-bond donors (Lipinski definition) is 1. The van der Waals surface area contributed by atoms with Crippen molar-refractivity contribution in [3.8, 4) is 11.5 Å². The lowest BCUT2D eigenvalue weighted by atomic mass is 10.1. The van der Waals surface area contributed by atoms with E-state index in [2.05, 4.69) is 57.2 Å². The van der Waals surface area contributed by atoms with Crippen molar-refractivity contribution in [3.05, 3.63) is 54.1 Å². The molecule has 1 aromatic heterocycles. The van der Waals surface area contributed by atoms with Gasteiger partial charge in [-0.15, -0.1) is 0 Å². The molecule has 5 heteroatoms. The Labute approximate surface area is 146 Å². The van der Waals surface area contributed by atoms with Gasteiger partial charge in [0.25, 0.3) is 0 Å². The molecular formula is C20H21N3O2. The number of ether oxygens (including phenoxy) is 2. The zero-order chi connectivity index (χ0) is 16.6. The second-order valence-electron chi connectivity index (χ2n) is 6.69. The standard InChI is InChI=1S/C20H21N3O2/c1-2-4-17-16(3-1)12-20(21-17)23-9-7-22(8-10-23)13-15-5-6-18-19(11-15)25-14-24-18/h1-6,11-12,21H,7-10,13-14H2. The van der Waals surface area contributed by atoms with Gasteiger partial charge in [-0.25, -0.2) is 0 Å². The Kier molecular flexibility index (Phi) is 3.52. The van der Waals surface area contributed by atoms with Crippen LogP contribution in [0.2, 0.25) is 0 Å². The monoisotopic (exact) mass is 335 g/mol. The van der Waals surface area contributed by atoms with Gasteiger partial charge in [0.05, 0.1) is 0 Å². The summed E-state index contributed by atoms with van der Waals surface area (Å²) in [6.07, 6.45) is 0. The summed E-state index contributed by atoms with van der Waals surface area (Å²) in [5, 5.41) is 1.28. The average molecular weight is 335 g/mol. The number of rotatable bonds is 3. The van der Waals surface area contributed by atoms with E-state index in [1.165, 1.54) is 22.3 Å². The molecule has 1 fully saturated rings. The van der Waals surface area contributed by atoms with Gasteiger partial charge in [0.15, 0.2) is 11.5 Å². The third-order valence-corrected chi connectivity index (χ3v) is 5.07. The summed E-state index contributed by atoms with van der Waals surface area (Å²) in [4.78, 5) is 8.47. The summed E-state index contributed by atoms with van der Waals surface area (Å²) in [5.41, 5.74) is 2.49. The molecule has 0 unspecified atom stereocenters. The fourth-order valence-electron chi connectivity index (χ4n) is 3.67. The minimum Gasteiger partial charge on any atom is -0.454 e. The number of H-pyrrole nitrogens is 1. The van der Waals surface area contributed by atoms with Crippen LogP contribution in [0.15, 0.2) is 48.5 Å². The Balaban J connectivity index is 1.23. The molecule has 0 aliphatic carbocycles. The summed E-state index contributed by atoms with van der Waals surface area (Å²) in [5.74, 6) is 2.95. The van der Waals surface area contributed by atoms with E-state index in [1.54, 1.807) is 0 Å². The van der Waals surface area contributed by atoms with Gasteiger partial charge in [0.1, 0.15) is 5.82 Å². The van der Waals surface area contributed by atoms with Crippen LogP contribution in [0.1, 0.15) is 5.56 Å². The summed E-state index contributed by atoms with van der Waals surface area (Å²) < 4.78 is 10.9. The molecule has 1 N–H and O–H groups in total. The maximum atomic E-state index is 5.48. The highest BCUT2D eigenvalue weighted by molar-refractivity contribution is 5.83. The predicted octanol–water partition coefficient (Wildman–Crippen LogP) is 3.22. The minimum atomic E-state index is 0.335. The smallest absolute Gasteiger partial charge is 0.231 e. The average Bonchev–Trinajstić information content (AvgIpc) is 3.28. The van der Waals surface area contributed by atoms with Crippen molar-refractivity contribution in [2.75, 3.05) is 37.9 Å². The lowest BCUT2D eigenvalue weighted by Gasteiger charge is -2.35. The van der Waals surface area contributed by atoms with Gasteiger partial charge in [0, 0.05) is 43.6 Å². The highest BCUT2D eigenvalue weighted by atomic mass is 16.7. The first-order valence-electron chi connectivity index (χ1n) is 8.79. The van der Waals surface area contributed by atoms with Crippen LogP contribution in [0.25, 0.3) is 10.9 Å². The molecule has 0 atom stereocenters. The Bertz CT molecular complexity index is 864. The number of aromatic amines is 1. The van der Waals surface area contributed by atoms with Crippen molar-refractivity contribution in [3.63, 3.8) is 0 Å². The molecular weight excluding hydrogens is 314 g/mol. The predicted molar refractivity (Wildman–Crippen MR) is 98.4 cm³/mol. The van der Waals surface area contributed by atoms with Crippen LogP contribution >= 0.6 is 0 Å². The van der Waals surface area contributed by atoms with Gasteiger partial charge in [-0.3, -0.25) is 4.90 Å².